The Labute approximate surface area is 92.6 Å². The van der Waals surface area contributed by atoms with Crippen LogP contribution in [0, 0.1) is 6.39 Å². The molecule has 1 heterocycles. The fraction of sp³-hybridized carbons (Fsp3) is 0.182. The van der Waals surface area contributed by atoms with E-state index in [0.717, 1.165) is 0 Å². The molecule has 0 aliphatic carbocycles. The minimum absolute atomic E-state index is 0.312. The zero-order valence-electron chi connectivity index (χ0n) is 8.89. The van der Waals surface area contributed by atoms with Gasteiger partial charge in [-0.2, -0.15) is 4.98 Å². The van der Waals surface area contributed by atoms with Crippen molar-refractivity contribution in [3.05, 3.63) is 30.9 Å². The minimum atomic E-state index is 0.312. The maximum absolute atomic E-state index is 5.44. The Morgan fingerprint density at radius 1 is 1.19 bits per heavy atom. The molecular formula is C11H10NO4. The summed E-state index contributed by atoms with van der Waals surface area (Å²) in [5.41, 5.74) is 0. The number of oxazole rings is 1. The number of ether oxygens (including phenoxy) is 3. The molecular weight excluding hydrogens is 210 g/mol. The summed E-state index contributed by atoms with van der Waals surface area (Å²) < 4.78 is 20.5. The summed E-state index contributed by atoms with van der Waals surface area (Å²) in [6.45, 7) is 0. The Balaban J connectivity index is 2.33. The number of benzene rings is 1. The molecule has 2 aromatic rings. The highest BCUT2D eigenvalue weighted by atomic mass is 16.5. The first-order valence-corrected chi connectivity index (χ1v) is 4.55. The lowest BCUT2D eigenvalue weighted by Crippen LogP contribution is -1.94. The lowest BCUT2D eigenvalue weighted by atomic mass is 10.3. The van der Waals surface area contributed by atoms with Gasteiger partial charge in [-0.3, -0.25) is 0 Å². The van der Waals surface area contributed by atoms with Gasteiger partial charge in [-0.05, 0) is 12.1 Å². The molecule has 0 fully saturated rings. The van der Waals surface area contributed by atoms with Crippen LogP contribution in [0.2, 0.25) is 0 Å². The quantitative estimate of drug-likeness (QED) is 0.791. The molecule has 0 amide bonds. The molecule has 5 heteroatoms. The third-order valence-electron chi connectivity index (χ3n) is 1.95. The molecule has 0 aliphatic rings. The number of nitrogens with zero attached hydrogens (tertiary/aromatic N) is 1. The van der Waals surface area contributed by atoms with Gasteiger partial charge < -0.3 is 18.6 Å². The highest BCUT2D eigenvalue weighted by Crippen LogP contribution is 2.38. The van der Waals surface area contributed by atoms with E-state index in [4.69, 9.17) is 14.2 Å². The Hall–Kier alpha value is -2.17. The van der Waals surface area contributed by atoms with Crippen LogP contribution in [-0.2, 0) is 0 Å². The van der Waals surface area contributed by atoms with E-state index in [9.17, 15) is 0 Å². The van der Waals surface area contributed by atoms with Crippen molar-refractivity contribution in [3.63, 3.8) is 0 Å². The normalized spacial score (nSPS) is 9.88. The summed E-state index contributed by atoms with van der Waals surface area (Å²) in [7, 11) is 3.10. The van der Waals surface area contributed by atoms with Crippen molar-refractivity contribution in [1.29, 1.82) is 0 Å². The first-order chi connectivity index (χ1) is 7.85. The maximum Gasteiger partial charge on any atom is 0.287 e. The van der Waals surface area contributed by atoms with Crippen molar-refractivity contribution in [2.75, 3.05) is 14.2 Å². The Kier molecular flexibility index (Phi) is 2.95. The van der Waals surface area contributed by atoms with Crippen LogP contribution in [0.1, 0.15) is 0 Å². The van der Waals surface area contributed by atoms with Crippen molar-refractivity contribution in [3.8, 4) is 23.1 Å². The highest BCUT2D eigenvalue weighted by Gasteiger charge is 2.12. The van der Waals surface area contributed by atoms with E-state index in [-0.39, 0.29) is 0 Å². The van der Waals surface area contributed by atoms with E-state index in [2.05, 4.69) is 15.8 Å². The van der Waals surface area contributed by atoms with Crippen molar-refractivity contribution in [1.82, 2.24) is 4.98 Å². The van der Waals surface area contributed by atoms with Crippen LogP contribution in [0.5, 0.6) is 23.1 Å². The molecule has 0 aliphatic heterocycles. The van der Waals surface area contributed by atoms with Gasteiger partial charge in [0.1, 0.15) is 0 Å². The van der Waals surface area contributed by atoms with Crippen LogP contribution in [0.4, 0.5) is 0 Å². The number of rotatable bonds is 4. The third kappa shape index (κ3) is 1.93. The molecule has 0 saturated carbocycles. The van der Waals surface area contributed by atoms with E-state index >= 15 is 0 Å². The first kappa shape index (κ1) is 10.4. The molecule has 0 saturated heterocycles. The molecule has 0 spiro atoms. The molecule has 1 radical (unpaired) electrons. The average Bonchev–Trinajstić information content (AvgIpc) is 2.81. The summed E-state index contributed by atoms with van der Waals surface area (Å²) >= 11 is 0. The molecule has 0 atom stereocenters. The van der Waals surface area contributed by atoms with Gasteiger partial charge in [-0.15, -0.1) is 0 Å². The minimum Gasteiger partial charge on any atom is -0.493 e. The molecule has 1 aromatic carbocycles. The van der Waals surface area contributed by atoms with Gasteiger partial charge in [0, 0.05) is 0 Å². The predicted octanol–water partition coefficient (Wildman–Crippen LogP) is 2.28. The largest absolute Gasteiger partial charge is 0.493 e. The number of aromatic nitrogens is 1. The molecule has 0 unspecified atom stereocenters. The summed E-state index contributed by atoms with van der Waals surface area (Å²) in [4.78, 5) is 3.73. The Bertz CT molecular complexity index is 453. The van der Waals surface area contributed by atoms with Crippen molar-refractivity contribution in [2.45, 2.75) is 0 Å². The highest BCUT2D eigenvalue weighted by molar-refractivity contribution is 5.51. The van der Waals surface area contributed by atoms with Gasteiger partial charge in [0.15, 0.2) is 17.8 Å². The van der Waals surface area contributed by atoms with Gasteiger partial charge in [-0.1, -0.05) is 6.07 Å². The predicted molar refractivity (Wildman–Crippen MR) is 55.0 cm³/mol. The monoisotopic (exact) mass is 220 g/mol. The number of hydrogen-bond donors (Lipinski definition) is 0. The van der Waals surface area contributed by atoms with E-state index < -0.39 is 0 Å². The Morgan fingerprint density at radius 2 is 2.00 bits per heavy atom. The summed E-state index contributed by atoms with van der Waals surface area (Å²) in [6, 6.07) is 5.32. The summed E-state index contributed by atoms with van der Waals surface area (Å²) in [5.74, 6) is 1.91. The van der Waals surface area contributed by atoms with Gasteiger partial charge in [0.2, 0.25) is 5.75 Å². The number of methoxy groups -OCH3 is 2. The smallest absolute Gasteiger partial charge is 0.287 e. The van der Waals surface area contributed by atoms with Gasteiger partial charge in [0.05, 0.1) is 14.2 Å². The van der Waals surface area contributed by atoms with Crippen LogP contribution >= 0.6 is 0 Å². The third-order valence-corrected chi connectivity index (χ3v) is 1.95. The lowest BCUT2D eigenvalue weighted by molar-refractivity contribution is 0.334. The first-order valence-electron chi connectivity index (χ1n) is 4.55. The molecule has 2 rings (SSSR count). The fourth-order valence-electron chi connectivity index (χ4n) is 1.27. The van der Waals surface area contributed by atoms with Gasteiger partial charge >= 0.3 is 0 Å². The SMILES string of the molecule is COc1cccc(Oc2co[c]n2)c1OC. The maximum atomic E-state index is 5.44. The van der Waals surface area contributed by atoms with E-state index in [0.29, 0.717) is 23.1 Å². The summed E-state index contributed by atoms with van der Waals surface area (Å²) in [5, 5.41) is 0. The van der Waals surface area contributed by atoms with Crippen LogP contribution < -0.4 is 14.2 Å². The second-order valence-corrected chi connectivity index (χ2v) is 2.87. The molecule has 0 bridgehead atoms. The van der Waals surface area contributed by atoms with E-state index in [1.807, 2.05) is 0 Å². The topological polar surface area (TPSA) is 53.7 Å². The van der Waals surface area contributed by atoms with Crippen molar-refractivity contribution < 1.29 is 18.6 Å². The second-order valence-electron chi connectivity index (χ2n) is 2.87. The molecule has 0 N–H and O–H groups in total. The average molecular weight is 220 g/mol. The molecule has 83 valence electrons. The number of hydrogen-bond acceptors (Lipinski definition) is 5. The molecule has 16 heavy (non-hydrogen) atoms. The fourth-order valence-corrected chi connectivity index (χ4v) is 1.27. The zero-order chi connectivity index (χ0) is 11.4. The zero-order valence-corrected chi connectivity index (χ0v) is 8.89. The summed E-state index contributed by atoms with van der Waals surface area (Å²) in [6.07, 6.45) is 3.64. The van der Waals surface area contributed by atoms with Crippen molar-refractivity contribution in [2.24, 2.45) is 0 Å². The van der Waals surface area contributed by atoms with Crippen LogP contribution in [0.3, 0.4) is 0 Å². The Morgan fingerprint density at radius 3 is 2.62 bits per heavy atom. The van der Waals surface area contributed by atoms with Crippen molar-refractivity contribution >= 4 is 0 Å². The van der Waals surface area contributed by atoms with Gasteiger partial charge in [-0.25, -0.2) is 0 Å². The number of para-hydroxylation sites is 1. The van der Waals surface area contributed by atoms with E-state index in [1.165, 1.54) is 6.26 Å². The van der Waals surface area contributed by atoms with Crippen LogP contribution in [0.15, 0.2) is 28.9 Å². The standard InChI is InChI=1S/C11H10NO4/c1-13-8-4-3-5-9(11(8)14-2)16-10-6-15-7-12-10/h3-6H,1-2H3. The molecule has 5 nitrogen and oxygen atoms in total. The van der Waals surface area contributed by atoms with Gasteiger partial charge in [0.25, 0.3) is 12.3 Å². The van der Waals surface area contributed by atoms with Crippen LogP contribution in [-0.4, -0.2) is 19.2 Å². The molecule has 1 aromatic heterocycles. The van der Waals surface area contributed by atoms with E-state index in [1.54, 1.807) is 32.4 Å². The second kappa shape index (κ2) is 4.57. The van der Waals surface area contributed by atoms with Crippen LogP contribution in [0.25, 0.3) is 0 Å². The lowest BCUT2D eigenvalue weighted by Gasteiger charge is -2.11.